The number of carbonyl (C=O) groups excluding carboxylic acids is 1. The molecule has 1 N–H and O–H groups in total. The van der Waals surface area contributed by atoms with Crippen molar-refractivity contribution in [1.29, 1.82) is 0 Å². The lowest BCUT2D eigenvalue weighted by molar-refractivity contribution is 0.0935. The lowest BCUT2D eigenvalue weighted by Crippen LogP contribution is -2.27. The summed E-state index contributed by atoms with van der Waals surface area (Å²) in [5.74, 6) is -0.192. The summed E-state index contributed by atoms with van der Waals surface area (Å²) in [6.07, 6.45) is 3.41. The number of nitrogens with one attached hydrogen (secondary N) is 1. The monoisotopic (exact) mass is 325 g/mol. The molecule has 0 aliphatic heterocycles. The van der Waals surface area contributed by atoms with E-state index in [2.05, 4.69) is 31.2 Å². The van der Waals surface area contributed by atoms with Crippen LogP contribution in [0.5, 0.6) is 0 Å². The van der Waals surface area contributed by atoms with Gasteiger partial charge in [-0.15, -0.1) is 11.3 Å². The van der Waals surface area contributed by atoms with Crippen molar-refractivity contribution in [3.8, 4) is 0 Å². The van der Waals surface area contributed by atoms with Crippen LogP contribution in [0.3, 0.4) is 0 Å². The molecule has 0 saturated carbocycles. The van der Waals surface area contributed by atoms with Gasteiger partial charge in [0.1, 0.15) is 10.7 Å². The van der Waals surface area contributed by atoms with E-state index in [1.54, 1.807) is 35.9 Å². The van der Waals surface area contributed by atoms with Crippen LogP contribution in [0.25, 0.3) is 0 Å². The summed E-state index contributed by atoms with van der Waals surface area (Å²) in [7, 11) is 0. The summed E-state index contributed by atoms with van der Waals surface area (Å²) < 4.78 is 0.850. The van der Waals surface area contributed by atoms with Crippen molar-refractivity contribution >= 4 is 33.2 Å². The Morgan fingerprint density at radius 3 is 2.72 bits per heavy atom. The molecule has 4 nitrogen and oxygen atoms in total. The standard InChI is InChI=1S/C12H12BrN3OS/c1-7-5-15-12(18-7)8(2)16-11(17)10-4-3-9(13)6-14-10/h3-6,8H,1-2H3,(H,16,17). The largest absolute Gasteiger partial charge is 0.342 e. The van der Waals surface area contributed by atoms with Gasteiger partial charge in [-0.05, 0) is 41.9 Å². The number of carbonyl (C=O) groups is 1. The summed E-state index contributed by atoms with van der Waals surface area (Å²) in [5, 5.41) is 3.78. The molecule has 0 spiro atoms. The molecule has 0 fully saturated rings. The van der Waals surface area contributed by atoms with Gasteiger partial charge in [0.25, 0.3) is 5.91 Å². The first-order chi connectivity index (χ1) is 8.56. The van der Waals surface area contributed by atoms with Crippen molar-refractivity contribution < 1.29 is 4.79 Å². The van der Waals surface area contributed by atoms with Crippen LogP contribution in [0.1, 0.15) is 33.3 Å². The molecule has 0 aliphatic rings. The summed E-state index contributed by atoms with van der Waals surface area (Å²) >= 11 is 4.86. The topological polar surface area (TPSA) is 54.9 Å². The molecule has 18 heavy (non-hydrogen) atoms. The Labute approximate surface area is 118 Å². The fraction of sp³-hybridized carbons (Fsp3) is 0.250. The van der Waals surface area contributed by atoms with Gasteiger partial charge in [-0.25, -0.2) is 9.97 Å². The number of aryl methyl sites for hydroxylation is 1. The summed E-state index contributed by atoms with van der Waals surface area (Å²) in [4.78, 5) is 21.4. The Kier molecular flexibility index (Phi) is 4.08. The van der Waals surface area contributed by atoms with Crippen LogP contribution >= 0.6 is 27.3 Å². The van der Waals surface area contributed by atoms with E-state index >= 15 is 0 Å². The van der Waals surface area contributed by atoms with Gasteiger partial charge in [-0.1, -0.05) is 0 Å². The number of pyridine rings is 1. The predicted octanol–water partition coefficient (Wildman–Crippen LogP) is 3.10. The lowest BCUT2D eigenvalue weighted by Gasteiger charge is -2.10. The number of amides is 1. The molecular weight excluding hydrogens is 314 g/mol. The van der Waals surface area contributed by atoms with Crippen molar-refractivity contribution in [3.05, 3.63) is 44.6 Å². The first kappa shape index (κ1) is 13.2. The molecule has 1 atom stereocenters. The molecule has 2 aromatic rings. The molecular formula is C12H12BrN3OS. The van der Waals surface area contributed by atoms with Crippen molar-refractivity contribution in [3.63, 3.8) is 0 Å². The van der Waals surface area contributed by atoms with Crippen LogP contribution < -0.4 is 5.32 Å². The molecule has 0 radical (unpaired) electrons. The van der Waals surface area contributed by atoms with Crippen molar-refractivity contribution in [2.45, 2.75) is 19.9 Å². The van der Waals surface area contributed by atoms with Gasteiger partial charge < -0.3 is 5.32 Å². The number of halogens is 1. The molecule has 6 heteroatoms. The molecule has 0 aromatic carbocycles. The maximum absolute atomic E-state index is 11.9. The lowest BCUT2D eigenvalue weighted by atomic mass is 10.3. The van der Waals surface area contributed by atoms with E-state index in [0.29, 0.717) is 5.69 Å². The van der Waals surface area contributed by atoms with Crippen LogP contribution in [0.15, 0.2) is 29.0 Å². The van der Waals surface area contributed by atoms with E-state index < -0.39 is 0 Å². The highest BCUT2D eigenvalue weighted by Crippen LogP contribution is 2.19. The number of hydrogen-bond donors (Lipinski definition) is 1. The molecule has 1 amide bonds. The Balaban J connectivity index is 2.05. The third kappa shape index (κ3) is 3.14. The number of thiazole rings is 1. The molecule has 94 valence electrons. The Morgan fingerprint density at radius 2 is 2.17 bits per heavy atom. The normalized spacial score (nSPS) is 12.2. The van der Waals surface area contributed by atoms with E-state index in [0.717, 1.165) is 14.4 Å². The van der Waals surface area contributed by atoms with Gasteiger partial charge in [0.05, 0.1) is 6.04 Å². The minimum absolute atomic E-state index is 0.110. The zero-order valence-corrected chi connectivity index (χ0v) is 12.4. The zero-order chi connectivity index (χ0) is 13.1. The van der Waals surface area contributed by atoms with E-state index in [-0.39, 0.29) is 11.9 Å². The van der Waals surface area contributed by atoms with Gasteiger partial charge in [0.2, 0.25) is 0 Å². The summed E-state index contributed by atoms with van der Waals surface area (Å²) in [6, 6.07) is 3.36. The number of nitrogens with zero attached hydrogens (tertiary/aromatic N) is 2. The second-order valence-electron chi connectivity index (χ2n) is 3.87. The second kappa shape index (κ2) is 5.58. The van der Waals surface area contributed by atoms with Crippen LogP contribution in [0.2, 0.25) is 0 Å². The Morgan fingerprint density at radius 1 is 1.39 bits per heavy atom. The van der Waals surface area contributed by atoms with Gasteiger partial charge in [0.15, 0.2) is 0 Å². The quantitative estimate of drug-likeness (QED) is 0.943. The average Bonchev–Trinajstić information content (AvgIpc) is 2.76. The maximum atomic E-state index is 11.9. The smallest absolute Gasteiger partial charge is 0.270 e. The second-order valence-corrected chi connectivity index (χ2v) is 6.05. The predicted molar refractivity (Wildman–Crippen MR) is 74.7 cm³/mol. The highest BCUT2D eigenvalue weighted by Gasteiger charge is 2.14. The summed E-state index contributed by atoms with van der Waals surface area (Å²) in [6.45, 7) is 3.90. The maximum Gasteiger partial charge on any atom is 0.270 e. The molecule has 2 aromatic heterocycles. The molecule has 1 unspecified atom stereocenters. The van der Waals surface area contributed by atoms with Gasteiger partial charge in [-0.2, -0.15) is 0 Å². The van der Waals surface area contributed by atoms with E-state index in [9.17, 15) is 4.79 Å². The first-order valence-electron chi connectivity index (χ1n) is 5.41. The van der Waals surface area contributed by atoms with Crippen LogP contribution in [-0.2, 0) is 0 Å². The minimum atomic E-state index is -0.192. The van der Waals surface area contributed by atoms with Gasteiger partial charge >= 0.3 is 0 Å². The highest BCUT2D eigenvalue weighted by atomic mass is 79.9. The van der Waals surface area contributed by atoms with Crippen LogP contribution in [0.4, 0.5) is 0 Å². The number of rotatable bonds is 3. The van der Waals surface area contributed by atoms with E-state index in [4.69, 9.17) is 0 Å². The number of aromatic nitrogens is 2. The first-order valence-corrected chi connectivity index (χ1v) is 7.02. The fourth-order valence-corrected chi connectivity index (χ4v) is 2.43. The average molecular weight is 326 g/mol. The SMILES string of the molecule is Cc1cnc(C(C)NC(=O)c2ccc(Br)cn2)s1. The third-order valence-corrected chi connectivity index (χ3v) is 3.88. The summed E-state index contributed by atoms with van der Waals surface area (Å²) in [5.41, 5.74) is 0.401. The van der Waals surface area contributed by atoms with Gasteiger partial charge in [0, 0.05) is 21.7 Å². The molecule has 2 rings (SSSR count). The van der Waals surface area contributed by atoms with Crippen LogP contribution in [-0.4, -0.2) is 15.9 Å². The van der Waals surface area contributed by atoms with Crippen molar-refractivity contribution in [1.82, 2.24) is 15.3 Å². The highest BCUT2D eigenvalue weighted by molar-refractivity contribution is 9.10. The molecule has 0 aliphatic carbocycles. The molecule has 0 saturated heterocycles. The zero-order valence-electron chi connectivity index (χ0n) is 9.98. The van der Waals surface area contributed by atoms with Crippen molar-refractivity contribution in [2.75, 3.05) is 0 Å². The van der Waals surface area contributed by atoms with Crippen molar-refractivity contribution in [2.24, 2.45) is 0 Å². The Hall–Kier alpha value is -1.27. The van der Waals surface area contributed by atoms with E-state index in [1.165, 1.54) is 0 Å². The number of hydrogen-bond acceptors (Lipinski definition) is 4. The minimum Gasteiger partial charge on any atom is -0.342 e. The molecule has 0 bridgehead atoms. The van der Waals surface area contributed by atoms with Gasteiger partial charge in [-0.3, -0.25) is 4.79 Å². The van der Waals surface area contributed by atoms with E-state index in [1.807, 2.05) is 13.8 Å². The Bertz CT molecular complexity index is 553. The third-order valence-electron chi connectivity index (χ3n) is 2.32. The molecule has 2 heterocycles. The fourth-order valence-electron chi connectivity index (χ4n) is 1.41. The van der Waals surface area contributed by atoms with Crippen LogP contribution in [0, 0.1) is 6.92 Å².